The Morgan fingerprint density at radius 1 is 1.38 bits per heavy atom. The van der Waals surface area contributed by atoms with Gasteiger partial charge >= 0.3 is 0 Å². The Kier molecular flexibility index (Phi) is 4.92. The summed E-state index contributed by atoms with van der Waals surface area (Å²) in [4.78, 5) is 0. The maximum Gasteiger partial charge on any atom is 0.184 e. The van der Waals surface area contributed by atoms with Gasteiger partial charge in [-0.2, -0.15) is 5.10 Å². The smallest absolute Gasteiger partial charge is 0.184 e. The van der Waals surface area contributed by atoms with Gasteiger partial charge in [0, 0.05) is 0 Å². The molecule has 1 aromatic carbocycles. The first-order valence-electron chi connectivity index (χ1n) is 5.27. The fourth-order valence-corrected chi connectivity index (χ4v) is 1.41. The van der Waals surface area contributed by atoms with Gasteiger partial charge in [0.1, 0.15) is 0 Å². The summed E-state index contributed by atoms with van der Waals surface area (Å²) < 4.78 is 0. The van der Waals surface area contributed by atoms with Crippen molar-refractivity contribution in [3.8, 4) is 0 Å². The highest BCUT2D eigenvalue weighted by Crippen LogP contribution is 2.09. The average molecular weight is 235 g/mol. The second-order valence-electron chi connectivity index (χ2n) is 4.00. The van der Waals surface area contributed by atoms with E-state index in [1.165, 1.54) is 0 Å². The van der Waals surface area contributed by atoms with Crippen LogP contribution in [-0.2, 0) is 0 Å². The predicted molar refractivity (Wildman–Crippen MR) is 72.4 cm³/mol. The van der Waals surface area contributed by atoms with Crippen LogP contribution in [0.15, 0.2) is 35.4 Å². The highest BCUT2D eigenvalue weighted by molar-refractivity contribution is 7.80. The van der Waals surface area contributed by atoms with E-state index in [0.717, 1.165) is 17.7 Å². The zero-order valence-corrected chi connectivity index (χ0v) is 10.4. The Morgan fingerprint density at radius 3 is 2.50 bits per heavy atom. The summed E-state index contributed by atoms with van der Waals surface area (Å²) in [5.41, 5.74) is 10.1. The molecule has 0 saturated heterocycles. The van der Waals surface area contributed by atoms with Gasteiger partial charge in [-0.3, -0.25) is 5.43 Å². The lowest BCUT2D eigenvalue weighted by molar-refractivity contribution is 0.681. The molecule has 0 fully saturated rings. The van der Waals surface area contributed by atoms with E-state index in [1.807, 2.05) is 30.3 Å². The van der Waals surface area contributed by atoms with E-state index in [1.54, 1.807) is 0 Å². The summed E-state index contributed by atoms with van der Waals surface area (Å²) in [5.74, 6) is 0.534. The standard InChI is InChI=1S/C12H17N3S/c1-9(2)8-11(14-15-12(13)16)10-6-4-3-5-7-10/h3-7,9H,8H2,1-2H3,(H3,13,15,16)/b14-11+. The van der Waals surface area contributed by atoms with Crippen molar-refractivity contribution in [3.63, 3.8) is 0 Å². The van der Waals surface area contributed by atoms with E-state index in [4.69, 9.17) is 18.0 Å². The summed E-state index contributed by atoms with van der Waals surface area (Å²) in [6.45, 7) is 4.30. The van der Waals surface area contributed by atoms with Gasteiger partial charge in [-0.1, -0.05) is 44.2 Å². The molecule has 0 unspecified atom stereocenters. The topological polar surface area (TPSA) is 50.4 Å². The van der Waals surface area contributed by atoms with Crippen molar-refractivity contribution in [2.75, 3.05) is 0 Å². The Labute approximate surface area is 102 Å². The number of hydrazone groups is 1. The van der Waals surface area contributed by atoms with Crippen molar-refractivity contribution in [2.24, 2.45) is 16.8 Å². The van der Waals surface area contributed by atoms with E-state index < -0.39 is 0 Å². The molecule has 0 aromatic heterocycles. The summed E-state index contributed by atoms with van der Waals surface area (Å²) in [6, 6.07) is 10.0. The Balaban J connectivity index is 2.87. The summed E-state index contributed by atoms with van der Waals surface area (Å²) in [7, 11) is 0. The number of hydrogen-bond donors (Lipinski definition) is 2. The van der Waals surface area contributed by atoms with Crippen molar-refractivity contribution in [1.29, 1.82) is 0 Å². The van der Waals surface area contributed by atoms with Crippen LogP contribution in [0.3, 0.4) is 0 Å². The van der Waals surface area contributed by atoms with Crippen LogP contribution in [0.5, 0.6) is 0 Å². The van der Waals surface area contributed by atoms with Crippen LogP contribution in [0.1, 0.15) is 25.8 Å². The highest BCUT2D eigenvalue weighted by atomic mass is 32.1. The van der Waals surface area contributed by atoms with Gasteiger partial charge in [0.25, 0.3) is 0 Å². The molecule has 0 bridgehead atoms. The van der Waals surface area contributed by atoms with Crippen LogP contribution in [0.4, 0.5) is 0 Å². The molecule has 4 heteroatoms. The first-order chi connectivity index (χ1) is 7.59. The fourth-order valence-electron chi connectivity index (χ4n) is 1.37. The lowest BCUT2D eigenvalue weighted by Crippen LogP contribution is -2.26. The molecule has 0 radical (unpaired) electrons. The summed E-state index contributed by atoms with van der Waals surface area (Å²) >= 11 is 4.74. The van der Waals surface area contributed by atoms with Crippen LogP contribution in [0.2, 0.25) is 0 Å². The molecule has 0 atom stereocenters. The van der Waals surface area contributed by atoms with Gasteiger partial charge in [0.15, 0.2) is 5.11 Å². The fraction of sp³-hybridized carbons (Fsp3) is 0.333. The first kappa shape index (κ1) is 12.6. The summed E-state index contributed by atoms with van der Waals surface area (Å²) in [6.07, 6.45) is 0.889. The van der Waals surface area contributed by atoms with E-state index in [0.29, 0.717) is 5.92 Å². The van der Waals surface area contributed by atoms with Gasteiger partial charge in [0.2, 0.25) is 0 Å². The van der Waals surface area contributed by atoms with Crippen molar-refractivity contribution >= 4 is 23.0 Å². The first-order valence-corrected chi connectivity index (χ1v) is 5.68. The van der Waals surface area contributed by atoms with E-state index in [9.17, 15) is 0 Å². The lowest BCUT2D eigenvalue weighted by atomic mass is 10.0. The van der Waals surface area contributed by atoms with Crippen LogP contribution < -0.4 is 11.2 Å². The molecular formula is C12H17N3S. The molecule has 0 aliphatic rings. The van der Waals surface area contributed by atoms with Crippen LogP contribution in [-0.4, -0.2) is 10.8 Å². The molecule has 0 amide bonds. The molecule has 16 heavy (non-hydrogen) atoms. The number of benzene rings is 1. The van der Waals surface area contributed by atoms with Gasteiger partial charge < -0.3 is 5.73 Å². The zero-order chi connectivity index (χ0) is 12.0. The average Bonchev–Trinajstić information content (AvgIpc) is 2.25. The van der Waals surface area contributed by atoms with Crippen molar-refractivity contribution < 1.29 is 0 Å². The summed E-state index contributed by atoms with van der Waals surface area (Å²) in [5, 5.41) is 4.43. The largest absolute Gasteiger partial charge is 0.375 e. The molecule has 3 N–H and O–H groups in total. The maximum atomic E-state index is 5.36. The van der Waals surface area contributed by atoms with Gasteiger partial charge in [0.05, 0.1) is 5.71 Å². The Bertz CT molecular complexity index is 371. The highest BCUT2D eigenvalue weighted by Gasteiger charge is 2.06. The van der Waals surface area contributed by atoms with Crippen LogP contribution >= 0.6 is 12.2 Å². The number of rotatable bonds is 4. The third-order valence-corrected chi connectivity index (χ3v) is 2.10. The van der Waals surface area contributed by atoms with Crippen molar-refractivity contribution in [3.05, 3.63) is 35.9 Å². The molecular weight excluding hydrogens is 218 g/mol. The van der Waals surface area contributed by atoms with Crippen molar-refractivity contribution in [1.82, 2.24) is 5.43 Å². The zero-order valence-electron chi connectivity index (χ0n) is 9.60. The molecule has 0 saturated carbocycles. The third-order valence-electron chi connectivity index (χ3n) is 2.01. The van der Waals surface area contributed by atoms with Crippen LogP contribution in [0, 0.1) is 5.92 Å². The number of nitrogens with two attached hydrogens (primary N) is 1. The molecule has 1 aromatic rings. The van der Waals surface area contributed by atoms with Gasteiger partial charge in [-0.25, -0.2) is 0 Å². The van der Waals surface area contributed by atoms with Gasteiger partial charge in [-0.05, 0) is 30.1 Å². The molecule has 0 aliphatic carbocycles. The maximum absolute atomic E-state index is 5.36. The number of nitrogens with one attached hydrogen (secondary N) is 1. The quantitative estimate of drug-likeness (QED) is 0.478. The normalized spacial score (nSPS) is 11.6. The second kappa shape index (κ2) is 6.23. The SMILES string of the molecule is CC(C)C/C(=N\NC(N)=S)c1ccccc1. The minimum Gasteiger partial charge on any atom is -0.375 e. The van der Waals surface area contributed by atoms with E-state index in [2.05, 4.69) is 24.4 Å². The molecule has 0 aliphatic heterocycles. The lowest BCUT2D eigenvalue weighted by Gasteiger charge is -2.09. The number of nitrogens with zero attached hydrogens (tertiary/aromatic N) is 1. The Morgan fingerprint density at radius 2 is 2.00 bits per heavy atom. The third kappa shape index (κ3) is 4.40. The minimum absolute atomic E-state index is 0.192. The predicted octanol–water partition coefficient (Wildman–Crippen LogP) is 2.27. The molecule has 86 valence electrons. The monoisotopic (exact) mass is 235 g/mol. The van der Waals surface area contributed by atoms with E-state index in [-0.39, 0.29) is 5.11 Å². The number of hydrogen-bond acceptors (Lipinski definition) is 2. The molecule has 0 spiro atoms. The second-order valence-corrected chi connectivity index (χ2v) is 4.44. The minimum atomic E-state index is 0.192. The Hall–Kier alpha value is -1.42. The number of thiocarbonyl (C=S) groups is 1. The van der Waals surface area contributed by atoms with Gasteiger partial charge in [-0.15, -0.1) is 0 Å². The van der Waals surface area contributed by atoms with E-state index >= 15 is 0 Å². The molecule has 3 nitrogen and oxygen atoms in total. The molecule has 0 heterocycles. The van der Waals surface area contributed by atoms with Crippen molar-refractivity contribution in [2.45, 2.75) is 20.3 Å². The molecule has 1 rings (SSSR count). The van der Waals surface area contributed by atoms with Crippen LogP contribution in [0.25, 0.3) is 0 Å².